The van der Waals surface area contributed by atoms with Gasteiger partial charge in [-0.05, 0) is 60.3 Å². The monoisotopic (exact) mass is 422 g/mol. The molecule has 2 aromatic carbocycles. The van der Waals surface area contributed by atoms with Crippen LogP contribution in [0.25, 0.3) is 17.4 Å². The number of thioether (sulfide) groups is 1. The van der Waals surface area contributed by atoms with Crippen LogP contribution < -0.4 is 0 Å². The Morgan fingerprint density at radius 3 is 2.63 bits per heavy atom. The lowest BCUT2D eigenvalue weighted by Gasteiger charge is -2.07. The normalized spacial score (nSPS) is 16.6. The molecule has 2 heterocycles. The molecule has 0 unspecified atom stereocenters. The molecule has 1 amide bonds. The van der Waals surface area contributed by atoms with E-state index >= 15 is 0 Å². The minimum Gasteiger partial charge on any atom is -0.478 e. The van der Waals surface area contributed by atoms with E-state index in [0.717, 1.165) is 0 Å². The smallest absolute Gasteiger partial charge is 0.335 e. The summed E-state index contributed by atoms with van der Waals surface area (Å²) in [6, 6.07) is 15.6. The molecule has 1 aliphatic rings. The molecule has 1 saturated heterocycles. The second kappa shape index (κ2) is 8.00. The highest BCUT2D eigenvalue weighted by molar-refractivity contribution is 8.18. The van der Waals surface area contributed by atoms with Crippen LogP contribution >= 0.6 is 11.8 Å². The number of furan rings is 1. The molecule has 0 aliphatic carbocycles. The summed E-state index contributed by atoms with van der Waals surface area (Å²) < 4.78 is 19.2. The van der Waals surface area contributed by atoms with Gasteiger partial charge in [-0.25, -0.2) is 14.2 Å². The van der Waals surface area contributed by atoms with Crippen molar-refractivity contribution >= 4 is 40.6 Å². The number of halogens is 1. The number of amidine groups is 1. The highest BCUT2D eigenvalue weighted by Gasteiger charge is 2.30. The van der Waals surface area contributed by atoms with Gasteiger partial charge in [-0.15, -0.1) is 0 Å². The van der Waals surface area contributed by atoms with Crippen LogP contribution in [0.3, 0.4) is 0 Å². The molecule has 0 spiro atoms. The first kappa shape index (κ1) is 19.7. The molecular weight excluding hydrogens is 407 g/mol. The fourth-order valence-corrected chi connectivity index (χ4v) is 3.76. The molecule has 1 aliphatic heterocycles. The van der Waals surface area contributed by atoms with Crippen molar-refractivity contribution in [1.82, 2.24) is 4.90 Å². The first-order chi connectivity index (χ1) is 14.4. The van der Waals surface area contributed by atoms with Gasteiger partial charge in [0, 0.05) is 18.7 Å². The lowest BCUT2D eigenvalue weighted by Crippen LogP contribution is -2.23. The maximum absolute atomic E-state index is 13.4. The Balaban J connectivity index is 1.56. The van der Waals surface area contributed by atoms with Crippen molar-refractivity contribution in [1.29, 1.82) is 0 Å². The summed E-state index contributed by atoms with van der Waals surface area (Å²) in [5.41, 5.74) is 1.30. The van der Waals surface area contributed by atoms with Gasteiger partial charge in [-0.3, -0.25) is 9.69 Å². The number of aromatic carboxylic acids is 1. The molecule has 8 heteroatoms. The Kier molecular flexibility index (Phi) is 5.24. The number of carbonyl (C=O) groups is 2. The van der Waals surface area contributed by atoms with E-state index in [4.69, 9.17) is 9.52 Å². The van der Waals surface area contributed by atoms with E-state index in [2.05, 4.69) is 4.99 Å². The van der Waals surface area contributed by atoms with Crippen LogP contribution in [0.15, 0.2) is 75.0 Å². The Hall–Kier alpha value is -3.65. The van der Waals surface area contributed by atoms with Crippen molar-refractivity contribution in [3.05, 3.63) is 82.7 Å². The van der Waals surface area contributed by atoms with Crippen LogP contribution in [-0.4, -0.2) is 34.1 Å². The third-order valence-electron chi connectivity index (χ3n) is 4.35. The predicted octanol–water partition coefficient (Wildman–Crippen LogP) is 5.02. The number of benzene rings is 2. The van der Waals surface area contributed by atoms with Crippen LogP contribution in [0.5, 0.6) is 0 Å². The molecule has 0 saturated carbocycles. The summed E-state index contributed by atoms with van der Waals surface area (Å²) in [7, 11) is 1.61. The van der Waals surface area contributed by atoms with E-state index in [-0.39, 0.29) is 17.3 Å². The van der Waals surface area contributed by atoms with Crippen LogP contribution in [-0.2, 0) is 4.79 Å². The highest BCUT2D eigenvalue weighted by Crippen LogP contribution is 2.34. The van der Waals surface area contributed by atoms with E-state index < -0.39 is 5.97 Å². The zero-order chi connectivity index (χ0) is 21.3. The minimum atomic E-state index is -1.02. The Labute approximate surface area is 175 Å². The maximum Gasteiger partial charge on any atom is 0.335 e. The lowest BCUT2D eigenvalue weighted by molar-refractivity contribution is -0.121. The van der Waals surface area contributed by atoms with Crippen LogP contribution in [0, 0.1) is 5.82 Å². The molecule has 0 radical (unpaired) electrons. The van der Waals surface area contributed by atoms with Crippen LogP contribution in [0.4, 0.5) is 10.1 Å². The van der Waals surface area contributed by atoms with Crippen molar-refractivity contribution in [2.75, 3.05) is 7.05 Å². The van der Waals surface area contributed by atoms with Gasteiger partial charge >= 0.3 is 5.97 Å². The number of aliphatic imine (C=N–C) groups is 1. The van der Waals surface area contributed by atoms with E-state index in [1.54, 1.807) is 49.5 Å². The molecule has 1 aromatic heterocycles. The topological polar surface area (TPSA) is 83.1 Å². The van der Waals surface area contributed by atoms with Crippen molar-refractivity contribution in [3.63, 3.8) is 0 Å². The molecule has 3 aromatic rings. The number of rotatable bonds is 4. The van der Waals surface area contributed by atoms with Gasteiger partial charge in [-0.1, -0.05) is 12.1 Å². The second-order valence-electron chi connectivity index (χ2n) is 6.43. The fraction of sp³-hybridized carbons (Fsp3) is 0.0455. The maximum atomic E-state index is 13.4. The lowest BCUT2D eigenvalue weighted by atomic mass is 10.2. The number of carbonyl (C=O) groups excluding carboxylic acids is 1. The third kappa shape index (κ3) is 4.04. The molecule has 0 atom stereocenters. The first-order valence-electron chi connectivity index (χ1n) is 8.86. The quantitative estimate of drug-likeness (QED) is 0.597. The highest BCUT2D eigenvalue weighted by atomic mass is 32.2. The van der Waals surface area contributed by atoms with Crippen molar-refractivity contribution in [2.24, 2.45) is 4.99 Å². The Morgan fingerprint density at radius 1 is 1.17 bits per heavy atom. The molecule has 4 rings (SSSR count). The van der Waals surface area contributed by atoms with Crippen molar-refractivity contribution in [2.45, 2.75) is 0 Å². The third-order valence-corrected chi connectivity index (χ3v) is 5.41. The van der Waals surface area contributed by atoms with Gasteiger partial charge in [0.05, 0.1) is 16.2 Å². The number of hydrogen-bond acceptors (Lipinski definition) is 5. The largest absolute Gasteiger partial charge is 0.478 e. The van der Waals surface area contributed by atoms with Gasteiger partial charge in [0.15, 0.2) is 5.17 Å². The Bertz CT molecular complexity index is 1200. The summed E-state index contributed by atoms with van der Waals surface area (Å²) >= 11 is 1.19. The first-order valence-corrected chi connectivity index (χ1v) is 9.68. The molecular formula is C22H15FN2O4S. The van der Waals surface area contributed by atoms with Crippen LogP contribution in [0.1, 0.15) is 16.1 Å². The van der Waals surface area contributed by atoms with Gasteiger partial charge in [0.1, 0.15) is 17.3 Å². The number of carboxylic acids is 1. The molecule has 6 nitrogen and oxygen atoms in total. The number of carboxylic acid groups (broad SMARTS) is 1. The van der Waals surface area contributed by atoms with Crippen molar-refractivity contribution < 1.29 is 23.5 Å². The Morgan fingerprint density at radius 2 is 1.93 bits per heavy atom. The van der Waals surface area contributed by atoms with E-state index in [9.17, 15) is 14.0 Å². The van der Waals surface area contributed by atoms with Crippen LogP contribution in [0.2, 0.25) is 0 Å². The fourth-order valence-electron chi connectivity index (χ4n) is 2.80. The molecule has 0 bridgehead atoms. The number of nitrogens with zero attached hydrogens (tertiary/aromatic N) is 2. The minimum absolute atomic E-state index is 0.162. The predicted molar refractivity (Wildman–Crippen MR) is 113 cm³/mol. The molecule has 1 fully saturated rings. The summed E-state index contributed by atoms with van der Waals surface area (Å²) in [5.74, 6) is -0.644. The zero-order valence-electron chi connectivity index (χ0n) is 15.7. The zero-order valence-corrected chi connectivity index (χ0v) is 16.5. The van der Waals surface area contributed by atoms with Gasteiger partial charge in [0.2, 0.25) is 0 Å². The summed E-state index contributed by atoms with van der Waals surface area (Å²) in [5, 5.41) is 9.44. The molecule has 150 valence electrons. The van der Waals surface area contributed by atoms with E-state index in [1.165, 1.54) is 40.9 Å². The standard InChI is InChI=1S/C22H15FN2O4S/c1-25-20(26)19(30-22(25)24-16-7-5-13(6-8-16)21(27)28)12-17-9-10-18(29-17)14-3-2-4-15(23)11-14/h2-12H,1H3,(H,27,28). The average molecular weight is 422 g/mol. The molecule has 1 N–H and O–H groups in total. The second-order valence-corrected chi connectivity index (χ2v) is 7.44. The number of hydrogen-bond donors (Lipinski definition) is 1. The van der Waals surface area contributed by atoms with Crippen molar-refractivity contribution in [3.8, 4) is 11.3 Å². The molecule has 30 heavy (non-hydrogen) atoms. The van der Waals surface area contributed by atoms with Gasteiger partial charge in [-0.2, -0.15) is 0 Å². The summed E-state index contributed by atoms with van der Waals surface area (Å²) in [6.45, 7) is 0. The van der Waals surface area contributed by atoms with E-state index in [0.29, 0.717) is 32.8 Å². The summed E-state index contributed by atoms with van der Waals surface area (Å²) in [6.07, 6.45) is 1.61. The number of amides is 1. The van der Waals surface area contributed by atoms with E-state index in [1.807, 2.05) is 0 Å². The van der Waals surface area contributed by atoms with Gasteiger partial charge in [0.25, 0.3) is 5.91 Å². The van der Waals surface area contributed by atoms with Gasteiger partial charge < -0.3 is 9.52 Å². The average Bonchev–Trinajstić information content (AvgIpc) is 3.29. The SMILES string of the molecule is CN1C(=O)C(=Cc2ccc(-c3cccc(F)c3)o2)SC1=Nc1ccc(C(=O)O)cc1. The number of likely N-dealkylation sites (N-methyl/N-ethyl adjacent to an activating group) is 1. The summed E-state index contributed by atoms with van der Waals surface area (Å²) in [4.78, 5) is 29.8.